The van der Waals surface area contributed by atoms with E-state index < -0.39 is 22.2 Å². The van der Waals surface area contributed by atoms with Crippen LogP contribution in [0.3, 0.4) is 0 Å². The molecule has 22 heavy (non-hydrogen) atoms. The fraction of sp³-hybridized carbons (Fsp3) is 0. The highest BCUT2D eigenvalue weighted by molar-refractivity contribution is 8.02. The molecule has 110 valence electrons. The molecule has 0 saturated heterocycles. The van der Waals surface area contributed by atoms with Crippen molar-refractivity contribution in [1.82, 2.24) is 9.66 Å². The Hall–Kier alpha value is -2.10. The van der Waals surface area contributed by atoms with Crippen LogP contribution in [0, 0.1) is 33.0 Å². The molecule has 0 aliphatic carbocycles. The number of hydrogen-bond acceptors (Lipinski definition) is 4. The second kappa shape index (κ2) is 7.78. The lowest BCUT2D eigenvalue weighted by molar-refractivity contribution is 0.626. The summed E-state index contributed by atoms with van der Waals surface area (Å²) in [4.78, 5) is 6.71. The highest BCUT2D eigenvalue weighted by Gasteiger charge is 2.30. The minimum atomic E-state index is -1.04. The topological polar surface area (TPSA) is 71.6 Å². The summed E-state index contributed by atoms with van der Waals surface area (Å²) >= 11 is -2.09. The molecule has 2 atom stereocenters. The first-order chi connectivity index (χ1) is 10.6. The van der Waals surface area contributed by atoms with Crippen molar-refractivity contribution in [2.45, 2.75) is 9.79 Å². The molecule has 0 heterocycles. The second-order valence-corrected chi connectivity index (χ2v) is 6.85. The van der Waals surface area contributed by atoms with E-state index in [9.17, 15) is 19.3 Å². The molecule has 2 rings (SSSR count). The number of hydrogen-bond donors (Lipinski definition) is 2. The van der Waals surface area contributed by atoms with E-state index in [1.807, 2.05) is 10.8 Å². The zero-order valence-electron chi connectivity index (χ0n) is 11.1. The molecule has 4 nitrogen and oxygen atoms in total. The van der Waals surface area contributed by atoms with Crippen molar-refractivity contribution < 1.29 is 8.78 Å². The fourth-order valence-corrected chi connectivity index (χ4v) is 3.51. The molecule has 0 aliphatic rings. The van der Waals surface area contributed by atoms with Crippen LogP contribution in [0.4, 0.5) is 8.78 Å². The van der Waals surface area contributed by atoms with E-state index >= 15 is 0 Å². The van der Waals surface area contributed by atoms with Gasteiger partial charge in [0.25, 0.3) is 0 Å². The maximum Gasteiger partial charge on any atom is 0.349 e. The van der Waals surface area contributed by atoms with E-state index in [2.05, 4.69) is 9.66 Å². The van der Waals surface area contributed by atoms with Crippen molar-refractivity contribution in [3.05, 3.63) is 60.2 Å². The van der Waals surface area contributed by atoms with Crippen molar-refractivity contribution in [3.63, 3.8) is 0 Å². The Kier molecular flexibility index (Phi) is 5.75. The van der Waals surface area contributed by atoms with Gasteiger partial charge in [0, 0.05) is 0 Å². The molecule has 2 N–H and O–H groups in total. The van der Waals surface area contributed by atoms with Crippen molar-refractivity contribution in [2.24, 2.45) is 0 Å². The number of benzene rings is 2. The summed E-state index contributed by atoms with van der Waals surface area (Å²) in [5, 5.41) is 22.4. The summed E-state index contributed by atoms with van der Waals surface area (Å²) in [6.07, 6.45) is 0. The number of nitrogens with zero attached hydrogens (tertiary/aromatic N) is 2. The summed E-state index contributed by atoms with van der Waals surface area (Å²) in [6, 6.07) is 11.0. The van der Waals surface area contributed by atoms with Gasteiger partial charge in [-0.1, -0.05) is 0 Å². The van der Waals surface area contributed by atoms with Gasteiger partial charge in [-0.2, -0.15) is 0 Å². The monoisotopic (exact) mass is 336 g/mol. The largest absolute Gasteiger partial charge is 0.349 e. The number of hydrazine groups is 1. The zero-order chi connectivity index (χ0) is 15.9. The van der Waals surface area contributed by atoms with Crippen LogP contribution in [0.5, 0.6) is 0 Å². The van der Waals surface area contributed by atoms with E-state index in [1.165, 1.54) is 48.5 Å². The van der Waals surface area contributed by atoms with E-state index in [-0.39, 0.29) is 11.6 Å². The van der Waals surface area contributed by atoms with Crippen molar-refractivity contribution >= 4 is 22.2 Å². The van der Waals surface area contributed by atoms with Gasteiger partial charge in [0.05, 0.1) is 0 Å². The Morgan fingerprint density at radius 3 is 1.27 bits per heavy atom. The highest BCUT2D eigenvalue weighted by atomic mass is 32.2. The Balaban J connectivity index is 2.05. The second-order valence-electron chi connectivity index (χ2n) is 3.91. The van der Waals surface area contributed by atoms with E-state index in [0.29, 0.717) is 9.79 Å². The number of halogens is 2. The van der Waals surface area contributed by atoms with Crippen molar-refractivity contribution in [3.8, 4) is 10.8 Å². The van der Waals surface area contributed by atoms with Gasteiger partial charge in [0.15, 0.2) is 9.79 Å². The predicted octanol–water partition coefficient (Wildman–Crippen LogP) is 2.51. The zero-order valence-corrected chi connectivity index (χ0v) is 12.7. The summed E-state index contributed by atoms with van der Waals surface area (Å²) < 4.78 is 25.8. The molecule has 0 aliphatic heterocycles. The Bertz CT molecular complexity index is 644. The molecule has 0 bridgehead atoms. The normalized spacial score (nSPS) is 12.9. The van der Waals surface area contributed by atoms with Crippen LogP contribution >= 0.6 is 0 Å². The first-order valence-corrected chi connectivity index (χ1v) is 8.39. The molecule has 0 fully saturated rings. The maximum atomic E-state index is 12.9. The van der Waals surface area contributed by atoms with E-state index in [1.54, 1.807) is 0 Å². The van der Waals surface area contributed by atoms with Crippen LogP contribution in [-0.4, -0.2) is 0 Å². The molecular formula is C14H10F2N4S2+2. The van der Waals surface area contributed by atoms with Gasteiger partial charge >= 0.3 is 10.8 Å². The highest BCUT2D eigenvalue weighted by Crippen LogP contribution is 2.13. The van der Waals surface area contributed by atoms with Gasteiger partial charge in [-0.15, -0.1) is 10.5 Å². The van der Waals surface area contributed by atoms with Crippen LogP contribution in [-0.2, 0) is 22.2 Å². The van der Waals surface area contributed by atoms with E-state index in [4.69, 9.17) is 0 Å². The summed E-state index contributed by atoms with van der Waals surface area (Å²) in [5.74, 6) is -0.775. The molecule has 0 amide bonds. The number of thiocyanates is 2. The van der Waals surface area contributed by atoms with Crippen molar-refractivity contribution in [1.29, 1.82) is 10.5 Å². The first kappa shape index (κ1) is 16.3. The minimum Gasteiger partial charge on any atom is -0.207 e. The summed E-state index contributed by atoms with van der Waals surface area (Å²) in [6.45, 7) is 0. The van der Waals surface area contributed by atoms with Crippen molar-refractivity contribution in [2.75, 3.05) is 0 Å². The lowest BCUT2D eigenvalue weighted by Crippen LogP contribution is -2.40. The predicted molar refractivity (Wildman–Crippen MR) is 81.6 cm³/mol. The van der Waals surface area contributed by atoms with Gasteiger partial charge < -0.3 is 0 Å². The smallest absolute Gasteiger partial charge is 0.207 e. The molecule has 0 aromatic heterocycles. The van der Waals surface area contributed by atoms with Gasteiger partial charge in [0.1, 0.15) is 11.6 Å². The average Bonchev–Trinajstić information content (AvgIpc) is 2.54. The van der Waals surface area contributed by atoms with Crippen LogP contribution in [0.25, 0.3) is 0 Å². The van der Waals surface area contributed by atoms with Crippen LogP contribution in [0.15, 0.2) is 58.3 Å². The number of nitrogens with one attached hydrogen (secondary N) is 2. The molecule has 8 heteroatoms. The minimum absolute atomic E-state index is 0.388. The lowest BCUT2D eigenvalue weighted by Gasteiger charge is -2.00. The van der Waals surface area contributed by atoms with E-state index in [0.717, 1.165) is 0 Å². The van der Waals surface area contributed by atoms with Gasteiger partial charge in [0.2, 0.25) is 22.2 Å². The molecule has 2 aromatic carbocycles. The lowest BCUT2D eigenvalue weighted by atomic mass is 10.4. The number of nitriles is 2. The van der Waals surface area contributed by atoms with Gasteiger partial charge in [-0.25, -0.2) is 8.78 Å². The molecule has 0 saturated carbocycles. The summed E-state index contributed by atoms with van der Waals surface area (Å²) in [5.41, 5.74) is 0. The molecule has 2 aromatic rings. The third-order valence-electron chi connectivity index (χ3n) is 2.53. The van der Waals surface area contributed by atoms with Gasteiger partial charge in [-0.05, 0) is 58.2 Å². The quantitative estimate of drug-likeness (QED) is 0.500. The van der Waals surface area contributed by atoms with Crippen LogP contribution < -0.4 is 9.66 Å². The molecule has 0 radical (unpaired) electrons. The Morgan fingerprint density at radius 1 is 0.682 bits per heavy atom. The first-order valence-electron chi connectivity index (χ1n) is 5.94. The molecular weight excluding hydrogens is 326 g/mol. The fourth-order valence-electron chi connectivity index (χ4n) is 1.49. The third kappa shape index (κ3) is 4.20. The van der Waals surface area contributed by atoms with Gasteiger partial charge in [-0.3, -0.25) is 0 Å². The SMILES string of the molecule is N#C[S+](NN[S+](C#N)c1ccc(F)cc1)c1ccc(F)cc1. The van der Waals surface area contributed by atoms with Crippen LogP contribution in [0.1, 0.15) is 0 Å². The molecule has 2 unspecified atom stereocenters. The Morgan fingerprint density at radius 2 is 1.00 bits per heavy atom. The molecule has 0 spiro atoms. The number of rotatable bonds is 5. The average molecular weight is 336 g/mol. The third-order valence-corrected chi connectivity index (χ3v) is 5.12. The standard InChI is InChI=1S/C14H10F2N4S2/c15-11-1-5-13(6-2-11)21(9-17)19-20-22(10-18)14-7-3-12(16)4-8-14/h1-8,19-20H/q+2. The Labute approximate surface area is 132 Å². The summed E-state index contributed by atoms with van der Waals surface area (Å²) in [7, 11) is 0. The van der Waals surface area contributed by atoms with Crippen LogP contribution in [0.2, 0.25) is 0 Å². The maximum absolute atomic E-state index is 12.9.